The number of nitrogens with zero attached hydrogens (tertiary/aromatic N) is 2. The van der Waals surface area contributed by atoms with Gasteiger partial charge in [-0.2, -0.15) is 4.31 Å². The van der Waals surface area contributed by atoms with Gasteiger partial charge in [0.15, 0.2) is 17.2 Å². The first-order valence-electron chi connectivity index (χ1n) is 11.8. The summed E-state index contributed by atoms with van der Waals surface area (Å²) in [5.74, 6) is -2.83. The number of hydrogen-bond acceptors (Lipinski definition) is 9. The fraction of sp³-hybridized carbons (Fsp3) is 0.231. The third-order valence-electron chi connectivity index (χ3n) is 6.35. The number of sulfonamides is 1. The highest BCUT2D eigenvalue weighted by atomic mass is 32.2. The summed E-state index contributed by atoms with van der Waals surface area (Å²) < 4.78 is 33.2. The van der Waals surface area contributed by atoms with Gasteiger partial charge < -0.3 is 36.0 Å². The van der Waals surface area contributed by atoms with Gasteiger partial charge in [-0.15, -0.1) is 0 Å². The second kappa shape index (κ2) is 11.1. The summed E-state index contributed by atoms with van der Waals surface area (Å²) in [7, 11) is -2.62. The number of piperazine rings is 1. The second-order valence-electron chi connectivity index (χ2n) is 8.88. The Bertz CT molecular complexity index is 1450. The van der Waals surface area contributed by atoms with Crippen LogP contribution >= 0.6 is 0 Å². The zero-order chi connectivity index (χ0) is 28.3. The summed E-state index contributed by atoms with van der Waals surface area (Å²) in [6.45, 7) is -0.473. The van der Waals surface area contributed by atoms with Gasteiger partial charge in [0.25, 0.3) is 5.91 Å². The van der Waals surface area contributed by atoms with E-state index in [9.17, 15) is 33.3 Å². The van der Waals surface area contributed by atoms with Crippen molar-refractivity contribution in [3.05, 3.63) is 71.8 Å². The molecular formula is C26H28N4O8S. The van der Waals surface area contributed by atoms with E-state index in [1.807, 2.05) is 0 Å². The molecule has 1 heterocycles. The van der Waals surface area contributed by atoms with Crippen LogP contribution in [0.2, 0.25) is 0 Å². The zero-order valence-corrected chi connectivity index (χ0v) is 21.8. The fourth-order valence-electron chi connectivity index (χ4n) is 4.19. The number of methoxy groups -OCH3 is 1. The molecule has 13 heteroatoms. The van der Waals surface area contributed by atoms with Crippen LogP contribution in [0.15, 0.2) is 65.6 Å². The molecule has 1 atom stereocenters. The van der Waals surface area contributed by atoms with Gasteiger partial charge in [0.1, 0.15) is 11.8 Å². The van der Waals surface area contributed by atoms with E-state index in [0.29, 0.717) is 11.4 Å². The van der Waals surface area contributed by atoms with Gasteiger partial charge >= 0.3 is 0 Å². The zero-order valence-electron chi connectivity index (χ0n) is 20.9. The predicted octanol–water partition coefficient (Wildman–Crippen LogP) is 1.23. The van der Waals surface area contributed by atoms with Gasteiger partial charge in [-0.25, -0.2) is 8.42 Å². The number of anilines is 1. The number of amides is 2. The normalized spacial score (nSPS) is 16.0. The molecule has 3 aromatic rings. The average molecular weight is 557 g/mol. The molecule has 206 valence electrons. The van der Waals surface area contributed by atoms with Crippen molar-refractivity contribution in [1.29, 1.82) is 0 Å². The van der Waals surface area contributed by atoms with Crippen molar-refractivity contribution in [3.63, 3.8) is 0 Å². The van der Waals surface area contributed by atoms with E-state index in [1.165, 1.54) is 36.3 Å². The smallest absolute Gasteiger partial charge is 0.254 e. The van der Waals surface area contributed by atoms with Gasteiger partial charge in [0.2, 0.25) is 15.9 Å². The van der Waals surface area contributed by atoms with Crippen LogP contribution in [0.1, 0.15) is 15.9 Å². The molecule has 1 aliphatic rings. The number of rotatable bonds is 7. The first-order valence-corrected chi connectivity index (χ1v) is 13.3. The Morgan fingerprint density at radius 2 is 1.62 bits per heavy atom. The highest BCUT2D eigenvalue weighted by Gasteiger charge is 2.41. The number of ether oxygens (including phenoxy) is 1. The molecule has 3 aromatic carbocycles. The Morgan fingerprint density at radius 3 is 2.21 bits per heavy atom. The Hall–Kier alpha value is -4.49. The Morgan fingerprint density at radius 1 is 1.00 bits per heavy atom. The summed E-state index contributed by atoms with van der Waals surface area (Å²) in [6, 6.07) is 13.2. The fourth-order valence-corrected chi connectivity index (χ4v) is 5.76. The molecule has 0 saturated carbocycles. The largest absolute Gasteiger partial charge is 0.504 e. The first-order chi connectivity index (χ1) is 18.5. The summed E-state index contributed by atoms with van der Waals surface area (Å²) in [5.41, 5.74) is 6.67. The van der Waals surface area contributed by atoms with E-state index in [1.54, 1.807) is 24.3 Å². The quantitative estimate of drug-likeness (QED) is 0.211. The van der Waals surface area contributed by atoms with Crippen LogP contribution in [0, 0.1) is 0 Å². The maximum absolute atomic E-state index is 13.5. The van der Waals surface area contributed by atoms with Crippen molar-refractivity contribution in [2.45, 2.75) is 17.5 Å². The number of aromatic hydroxyl groups is 3. The number of benzene rings is 3. The lowest BCUT2D eigenvalue weighted by molar-refractivity contribution is -0.126. The molecule has 0 aliphatic carbocycles. The Kier molecular flexibility index (Phi) is 7.83. The van der Waals surface area contributed by atoms with Crippen molar-refractivity contribution in [2.24, 2.45) is 0 Å². The lowest BCUT2D eigenvalue weighted by atomic mass is 10.1. The summed E-state index contributed by atoms with van der Waals surface area (Å²) >= 11 is 0. The molecule has 0 radical (unpaired) electrons. The van der Waals surface area contributed by atoms with Crippen LogP contribution in [0.25, 0.3) is 0 Å². The van der Waals surface area contributed by atoms with Crippen molar-refractivity contribution < 1.29 is 38.1 Å². The average Bonchev–Trinajstić information content (AvgIpc) is 2.94. The van der Waals surface area contributed by atoms with Crippen molar-refractivity contribution >= 4 is 27.5 Å². The molecule has 12 nitrogen and oxygen atoms in total. The third-order valence-corrected chi connectivity index (χ3v) is 8.27. The number of phenols is 3. The summed E-state index contributed by atoms with van der Waals surface area (Å²) in [6.07, 6.45) is 0. The summed E-state index contributed by atoms with van der Waals surface area (Å²) in [5, 5.41) is 32.0. The topological polar surface area (TPSA) is 183 Å². The van der Waals surface area contributed by atoms with E-state index in [4.69, 9.17) is 10.5 Å². The number of nitrogen functional groups attached to an aromatic ring is 1. The van der Waals surface area contributed by atoms with E-state index in [-0.39, 0.29) is 36.6 Å². The predicted molar refractivity (Wildman–Crippen MR) is 141 cm³/mol. The minimum Gasteiger partial charge on any atom is -0.504 e. The number of hydrogen-bond donors (Lipinski definition) is 5. The maximum Gasteiger partial charge on any atom is 0.254 e. The molecule has 4 rings (SSSR count). The van der Waals surface area contributed by atoms with Gasteiger partial charge in [0, 0.05) is 37.4 Å². The van der Waals surface area contributed by atoms with Crippen LogP contribution in [0.4, 0.5) is 5.69 Å². The van der Waals surface area contributed by atoms with Gasteiger partial charge in [-0.3, -0.25) is 9.59 Å². The summed E-state index contributed by atoms with van der Waals surface area (Å²) in [4.78, 5) is 27.8. The Labute approximate surface area is 224 Å². The van der Waals surface area contributed by atoms with Crippen LogP contribution in [0.3, 0.4) is 0 Å². The van der Waals surface area contributed by atoms with Gasteiger partial charge in [-0.1, -0.05) is 12.1 Å². The van der Waals surface area contributed by atoms with E-state index in [2.05, 4.69) is 5.32 Å². The van der Waals surface area contributed by atoms with Crippen molar-refractivity contribution in [3.8, 4) is 23.0 Å². The van der Waals surface area contributed by atoms with Gasteiger partial charge in [-0.05, 0) is 54.1 Å². The molecule has 0 spiro atoms. The van der Waals surface area contributed by atoms with E-state index >= 15 is 0 Å². The van der Waals surface area contributed by atoms with E-state index < -0.39 is 45.1 Å². The second-order valence-corrected chi connectivity index (χ2v) is 10.8. The first kappa shape index (κ1) is 27.5. The van der Waals surface area contributed by atoms with E-state index in [0.717, 1.165) is 22.0 Å². The molecule has 1 saturated heterocycles. The molecule has 1 aliphatic heterocycles. The Balaban J connectivity index is 1.61. The third kappa shape index (κ3) is 5.84. The maximum atomic E-state index is 13.5. The van der Waals surface area contributed by atoms with Crippen molar-refractivity contribution in [2.75, 3.05) is 32.5 Å². The monoisotopic (exact) mass is 556 g/mol. The van der Waals surface area contributed by atoms with Gasteiger partial charge in [0.05, 0.1) is 12.0 Å². The standard InChI is InChI=1S/C26H28N4O8S/c1-38-19-6-2-16(3-7-19)14-28-25(34)21-15-29(26(35)17-12-22(31)24(33)23(32)13-17)10-11-30(21)39(36,37)20-8-4-18(27)5-9-20/h2-9,12-13,21,31-33H,10-11,14-15,27H2,1H3,(H,28,34). The molecular weight excluding hydrogens is 528 g/mol. The highest BCUT2D eigenvalue weighted by molar-refractivity contribution is 7.89. The number of carbonyl (C=O) groups is 2. The minimum absolute atomic E-state index is 0.0576. The molecule has 39 heavy (non-hydrogen) atoms. The lowest BCUT2D eigenvalue weighted by Gasteiger charge is -2.39. The number of nitrogens with two attached hydrogens (primary N) is 1. The highest BCUT2D eigenvalue weighted by Crippen LogP contribution is 2.36. The minimum atomic E-state index is -4.15. The number of nitrogens with one attached hydrogen (secondary N) is 1. The van der Waals surface area contributed by atoms with Crippen LogP contribution in [-0.2, 0) is 21.4 Å². The lowest BCUT2D eigenvalue weighted by Crippen LogP contribution is -2.61. The SMILES string of the molecule is COc1ccc(CNC(=O)C2CN(C(=O)c3cc(O)c(O)c(O)c3)CCN2S(=O)(=O)c2ccc(N)cc2)cc1. The molecule has 0 bridgehead atoms. The molecule has 6 N–H and O–H groups in total. The number of phenolic OH excluding ortho intramolecular Hbond substituents is 3. The van der Waals surface area contributed by atoms with Crippen LogP contribution in [-0.4, -0.2) is 77.5 Å². The molecule has 0 aromatic heterocycles. The molecule has 1 unspecified atom stereocenters. The van der Waals surface area contributed by atoms with Crippen LogP contribution in [0.5, 0.6) is 23.0 Å². The van der Waals surface area contributed by atoms with Crippen molar-refractivity contribution in [1.82, 2.24) is 14.5 Å². The van der Waals surface area contributed by atoms with Crippen LogP contribution < -0.4 is 15.8 Å². The molecule has 1 fully saturated rings. The molecule has 2 amide bonds. The number of carbonyl (C=O) groups excluding carboxylic acids is 2.